The fraction of sp³-hybridized carbons (Fsp3) is 0.238. The zero-order valence-corrected chi connectivity index (χ0v) is 27.5. The third kappa shape index (κ3) is 5.95. The van der Waals surface area contributed by atoms with Crippen molar-refractivity contribution in [3.8, 4) is 22.3 Å². The summed E-state index contributed by atoms with van der Waals surface area (Å²) in [6.07, 6.45) is 6.45. The van der Waals surface area contributed by atoms with Crippen molar-refractivity contribution in [1.29, 1.82) is 0 Å². The molecule has 1 heteroatoms. The van der Waals surface area contributed by atoms with Crippen molar-refractivity contribution < 1.29 is 0 Å². The summed E-state index contributed by atoms with van der Waals surface area (Å²) < 4.78 is 0. The molecule has 1 aliphatic rings. The van der Waals surface area contributed by atoms with Crippen LogP contribution in [0.2, 0.25) is 0 Å². The summed E-state index contributed by atoms with van der Waals surface area (Å²) in [5.41, 5.74) is 12.7. The Labute approximate surface area is 260 Å². The quantitative estimate of drug-likeness (QED) is 0.192. The van der Waals surface area contributed by atoms with Crippen LogP contribution >= 0.6 is 0 Å². The summed E-state index contributed by atoms with van der Waals surface area (Å²) >= 11 is 0. The lowest BCUT2D eigenvalue weighted by molar-refractivity contribution is 0.666. The van der Waals surface area contributed by atoms with Crippen molar-refractivity contribution in [2.24, 2.45) is 0 Å². The molecule has 0 radical (unpaired) electrons. The molecular formula is C42H47N. The van der Waals surface area contributed by atoms with Crippen LogP contribution in [0.4, 0.5) is 11.4 Å². The van der Waals surface area contributed by atoms with E-state index in [2.05, 4.69) is 161 Å². The van der Waals surface area contributed by atoms with Crippen LogP contribution in [-0.4, -0.2) is 0 Å². The van der Waals surface area contributed by atoms with Gasteiger partial charge in [0.05, 0.1) is 0 Å². The van der Waals surface area contributed by atoms with E-state index in [1.54, 1.807) is 0 Å². The molecule has 43 heavy (non-hydrogen) atoms. The average Bonchev–Trinajstić information content (AvgIpc) is 3.29. The molecule has 0 aromatic heterocycles. The maximum atomic E-state index is 2.41. The van der Waals surface area contributed by atoms with Gasteiger partial charge in [0.1, 0.15) is 0 Å². The van der Waals surface area contributed by atoms with Crippen molar-refractivity contribution in [3.05, 3.63) is 144 Å². The molecule has 0 unspecified atom stereocenters. The third-order valence-corrected chi connectivity index (χ3v) is 8.10. The molecule has 0 aliphatic heterocycles. The van der Waals surface area contributed by atoms with Crippen molar-refractivity contribution in [2.45, 2.75) is 67.7 Å². The molecule has 0 saturated carbocycles. The topological polar surface area (TPSA) is 3.24 Å². The molecule has 1 nitrogen and oxygen atoms in total. The SMILES string of the molecule is C/C=C\C(=C/C)N(c1ccccc1)c1cc(C)cc(-c2ccc3c(c2)-c2ccc4ccccc4c2C3(C)C)c1.CC.CC. The van der Waals surface area contributed by atoms with Crippen LogP contribution in [0, 0.1) is 6.92 Å². The molecule has 0 saturated heterocycles. The maximum absolute atomic E-state index is 2.41. The van der Waals surface area contributed by atoms with E-state index < -0.39 is 0 Å². The molecule has 5 aromatic rings. The Morgan fingerprint density at radius 3 is 2.05 bits per heavy atom. The number of aryl methyl sites for hydroxylation is 1. The highest BCUT2D eigenvalue weighted by Gasteiger charge is 2.36. The van der Waals surface area contributed by atoms with Gasteiger partial charge in [0.15, 0.2) is 0 Å². The molecule has 5 aromatic carbocycles. The molecule has 0 bridgehead atoms. The fourth-order valence-electron chi connectivity index (χ4n) is 6.35. The van der Waals surface area contributed by atoms with Crippen LogP contribution in [0.25, 0.3) is 33.0 Å². The molecular weight excluding hydrogens is 518 g/mol. The fourth-order valence-corrected chi connectivity index (χ4v) is 6.35. The van der Waals surface area contributed by atoms with Crippen molar-refractivity contribution >= 4 is 22.1 Å². The Hall–Kier alpha value is -4.36. The number of para-hydroxylation sites is 1. The Morgan fingerprint density at radius 2 is 1.35 bits per heavy atom. The minimum atomic E-state index is -0.0424. The lowest BCUT2D eigenvalue weighted by Crippen LogP contribution is -2.15. The highest BCUT2D eigenvalue weighted by Crippen LogP contribution is 2.52. The molecule has 0 fully saturated rings. The van der Waals surface area contributed by atoms with Crippen LogP contribution in [0.1, 0.15) is 72.1 Å². The zero-order valence-electron chi connectivity index (χ0n) is 27.5. The third-order valence-electron chi connectivity index (χ3n) is 8.10. The van der Waals surface area contributed by atoms with E-state index in [1.807, 2.05) is 27.7 Å². The second-order valence-electron chi connectivity index (χ2n) is 11.0. The second-order valence-corrected chi connectivity index (χ2v) is 11.0. The van der Waals surface area contributed by atoms with Crippen LogP contribution in [-0.2, 0) is 5.41 Å². The number of anilines is 2. The van der Waals surface area contributed by atoms with Gasteiger partial charge in [0.2, 0.25) is 0 Å². The Morgan fingerprint density at radius 1 is 0.651 bits per heavy atom. The number of rotatable bonds is 5. The van der Waals surface area contributed by atoms with E-state index in [0.29, 0.717) is 0 Å². The summed E-state index contributed by atoms with van der Waals surface area (Å²) in [5, 5.41) is 2.67. The van der Waals surface area contributed by atoms with Crippen molar-refractivity contribution in [2.75, 3.05) is 4.90 Å². The van der Waals surface area contributed by atoms with Gasteiger partial charge in [-0.3, -0.25) is 0 Å². The minimum absolute atomic E-state index is 0.0424. The van der Waals surface area contributed by atoms with E-state index in [4.69, 9.17) is 0 Å². The molecule has 6 rings (SSSR count). The van der Waals surface area contributed by atoms with Gasteiger partial charge in [-0.2, -0.15) is 0 Å². The Bertz CT molecular complexity index is 1750. The van der Waals surface area contributed by atoms with Crippen molar-refractivity contribution in [1.82, 2.24) is 0 Å². The van der Waals surface area contributed by atoms with Gasteiger partial charge in [0.25, 0.3) is 0 Å². The number of hydrogen-bond donors (Lipinski definition) is 0. The molecule has 0 amide bonds. The number of hydrogen-bond acceptors (Lipinski definition) is 1. The second kappa shape index (κ2) is 13.7. The molecule has 1 aliphatic carbocycles. The van der Waals surface area contributed by atoms with Crippen LogP contribution in [0.5, 0.6) is 0 Å². The van der Waals surface area contributed by atoms with Gasteiger partial charge in [-0.15, -0.1) is 0 Å². The number of benzene rings is 5. The van der Waals surface area contributed by atoms with Gasteiger partial charge in [-0.1, -0.05) is 126 Å². The molecule has 0 atom stereocenters. The standard InChI is InChI=1S/C38H35N.2C2H6/c1-6-13-30(7-2)39(31-15-9-8-10-16-31)32-23-26(3)22-29(24-32)28-19-21-36-35(25-28)34-20-18-27-14-11-12-17-33(27)37(34)38(36,4)5;2*1-2/h6-25H,1-5H3;2*1-2H3/b13-6-,30-7+;;. The van der Waals surface area contributed by atoms with Gasteiger partial charge in [0, 0.05) is 22.5 Å². The largest absolute Gasteiger partial charge is 0.311 e. The number of nitrogens with zero attached hydrogens (tertiary/aromatic N) is 1. The lowest BCUT2D eigenvalue weighted by Gasteiger charge is -2.27. The van der Waals surface area contributed by atoms with Gasteiger partial charge < -0.3 is 4.90 Å². The van der Waals surface area contributed by atoms with Crippen LogP contribution < -0.4 is 4.90 Å². The first-order chi connectivity index (χ1) is 20.9. The smallest absolute Gasteiger partial charge is 0.0470 e. The summed E-state index contributed by atoms with van der Waals surface area (Å²) in [4.78, 5) is 2.34. The number of allylic oxidation sites excluding steroid dienone is 3. The normalized spacial score (nSPS) is 13.0. The molecule has 220 valence electrons. The van der Waals surface area contributed by atoms with Gasteiger partial charge >= 0.3 is 0 Å². The van der Waals surface area contributed by atoms with E-state index in [0.717, 1.165) is 17.1 Å². The Balaban J connectivity index is 0.00000102. The Kier molecular flexibility index (Phi) is 10.1. The molecule has 0 spiro atoms. The molecule has 0 heterocycles. The van der Waals surface area contributed by atoms with Gasteiger partial charge in [-0.25, -0.2) is 0 Å². The van der Waals surface area contributed by atoms with E-state index in [9.17, 15) is 0 Å². The molecule has 0 N–H and O–H groups in total. The van der Waals surface area contributed by atoms with Crippen LogP contribution in [0.3, 0.4) is 0 Å². The monoisotopic (exact) mass is 565 g/mol. The van der Waals surface area contributed by atoms with E-state index >= 15 is 0 Å². The predicted octanol–water partition coefficient (Wildman–Crippen LogP) is 12.8. The summed E-state index contributed by atoms with van der Waals surface area (Å²) in [7, 11) is 0. The highest BCUT2D eigenvalue weighted by atomic mass is 15.1. The minimum Gasteiger partial charge on any atom is -0.311 e. The first-order valence-corrected chi connectivity index (χ1v) is 15.9. The maximum Gasteiger partial charge on any atom is 0.0470 e. The summed E-state index contributed by atoms with van der Waals surface area (Å²) in [6.45, 7) is 19.1. The first kappa shape index (κ1) is 31.6. The van der Waals surface area contributed by atoms with Crippen LogP contribution in [0.15, 0.2) is 127 Å². The predicted molar refractivity (Wildman–Crippen MR) is 192 cm³/mol. The van der Waals surface area contributed by atoms with E-state index in [1.165, 1.54) is 49.7 Å². The highest BCUT2D eigenvalue weighted by molar-refractivity contribution is 5.98. The zero-order chi connectivity index (χ0) is 31.1. The van der Waals surface area contributed by atoms with Gasteiger partial charge in [-0.05, 0) is 107 Å². The summed E-state index contributed by atoms with van der Waals surface area (Å²) in [6, 6.07) is 38.0. The van der Waals surface area contributed by atoms with E-state index in [-0.39, 0.29) is 5.41 Å². The first-order valence-electron chi connectivity index (χ1n) is 15.9. The lowest BCUT2D eigenvalue weighted by atomic mass is 9.80. The average molecular weight is 566 g/mol. The number of fused-ring (bicyclic) bond motifs is 5. The summed E-state index contributed by atoms with van der Waals surface area (Å²) in [5.74, 6) is 0. The van der Waals surface area contributed by atoms with Crippen molar-refractivity contribution in [3.63, 3.8) is 0 Å².